The van der Waals surface area contributed by atoms with Crippen LogP contribution in [0.1, 0.15) is 0 Å². The molecule has 0 fully saturated rings. The Kier molecular flexibility index (Phi) is 560. The zero-order valence-electron chi connectivity index (χ0n) is 1.72. The summed E-state index contributed by atoms with van der Waals surface area (Å²) >= 11 is 0. The second-order valence-corrected chi connectivity index (χ2v) is 0. The molecule has 4 heteroatoms. The van der Waals surface area contributed by atoms with E-state index in [1.807, 2.05) is 0 Å². The molecule has 0 rings (SSSR count). The molecular formula is HBrO2Ti. The van der Waals surface area contributed by atoms with Gasteiger partial charge in [0.25, 0.3) is 0 Å². The van der Waals surface area contributed by atoms with E-state index in [0.29, 0.717) is 0 Å². The van der Waals surface area contributed by atoms with Crippen LogP contribution in [0.15, 0.2) is 0 Å². The van der Waals surface area contributed by atoms with Crippen LogP contribution in [0.25, 0.3) is 0 Å². The van der Waals surface area contributed by atoms with E-state index in [2.05, 4.69) is 0 Å². The maximum Gasteiger partial charge on any atom is 4.00 e. The summed E-state index contributed by atoms with van der Waals surface area (Å²) in [7, 11) is 0. The smallest absolute Gasteiger partial charge is 2.00 e. The Morgan fingerprint density at radius 2 is 0.750 bits per heavy atom. The second kappa shape index (κ2) is 32.1. The Hall–Kier alpha value is 1.11. The molecule has 0 radical (unpaired) electrons. The number of hydrogen-bond acceptors (Lipinski definition) is 0. The topological polar surface area (TPSA) is 57.0 Å². The molecule has 0 aliphatic carbocycles. The summed E-state index contributed by atoms with van der Waals surface area (Å²) < 4.78 is 0. The third-order valence-electron chi connectivity index (χ3n) is 0. The van der Waals surface area contributed by atoms with Crippen LogP contribution in [-0.4, -0.2) is 0 Å². The number of rotatable bonds is 0. The Morgan fingerprint density at radius 3 is 0.750 bits per heavy atom. The van der Waals surface area contributed by atoms with E-state index in [9.17, 15) is 0 Å². The van der Waals surface area contributed by atoms with Crippen LogP contribution < -0.4 is 0 Å². The van der Waals surface area contributed by atoms with Gasteiger partial charge in [-0.3, -0.25) is 0 Å². The Labute approximate surface area is 49.8 Å². The molecule has 0 N–H and O–H groups in total. The van der Waals surface area contributed by atoms with Crippen molar-refractivity contribution in [2.24, 2.45) is 0 Å². The van der Waals surface area contributed by atoms with E-state index < -0.39 is 0 Å². The molecule has 0 unspecified atom stereocenters. The quantitative estimate of drug-likeness (QED) is 0.459. The van der Waals surface area contributed by atoms with Gasteiger partial charge in [-0.05, 0) is 0 Å². The van der Waals surface area contributed by atoms with Gasteiger partial charge in [-0.2, -0.15) is 0 Å². The molecule has 0 aromatic rings. The van der Waals surface area contributed by atoms with E-state index in [1.165, 1.54) is 0 Å². The van der Waals surface area contributed by atoms with Crippen molar-refractivity contribution in [3.63, 3.8) is 0 Å². The van der Waals surface area contributed by atoms with Crippen molar-refractivity contribution in [1.82, 2.24) is 0 Å². The van der Waals surface area contributed by atoms with Gasteiger partial charge in [0, 0.05) is 0 Å². The SMILES string of the molecule is Br.[O-2].[O-2].[Ti+4]. The summed E-state index contributed by atoms with van der Waals surface area (Å²) in [5.41, 5.74) is 0. The fraction of sp³-hybridized carbons (Fsp3) is 0. The molecular weight excluding hydrogens is 160 g/mol. The van der Waals surface area contributed by atoms with E-state index in [4.69, 9.17) is 0 Å². The summed E-state index contributed by atoms with van der Waals surface area (Å²) in [4.78, 5) is 0. The molecule has 0 bridgehead atoms. The molecule has 0 aliphatic rings. The monoisotopic (exact) mass is 160 g/mol. The maximum atomic E-state index is 0. The molecule has 0 heterocycles. The van der Waals surface area contributed by atoms with Gasteiger partial charge in [-0.1, -0.05) is 0 Å². The average Bonchev–Trinajstić information content (AvgIpc) is 0. The predicted molar refractivity (Wildman–Crippen MR) is 11.7 cm³/mol. The number of halogens is 1. The second-order valence-electron chi connectivity index (χ2n) is 0. The minimum atomic E-state index is 0. The summed E-state index contributed by atoms with van der Waals surface area (Å²) in [5.74, 6) is 0. The largest absolute Gasteiger partial charge is 4.00 e. The minimum absolute atomic E-state index is 0. The van der Waals surface area contributed by atoms with Gasteiger partial charge in [0.2, 0.25) is 0 Å². The van der Waals surface area contributed by atoms with E-state index >= 15 is 0 Å². The van der Waals surface area contributed by atoms with Gasteiger partial charge in [-0.15, -0.1) is 17.0 Å². The first-order valence-corrected chi connectivity index (χ1v) is 0. The molecule has 0 aromatic heterocycles. The van der Waals surface area contributed by atoms with Crippen LogP contribution in [0, 0.1) is 0 Å². The van der Waals surface area contributed by atoms with Crippen molar-refractivity contribution in [1.29, 1.82) is 0 Å². The summed E-state index contributed by atoms with van der Waals surface area (Å²) in [6.07, 6.45) is 0. The fourth-order valence-electron chi connectivity index (χ4n) is 0. The molecule has 0 saturated heterocycles. The van der Waals surface area contributed by atoms with Crippen LogP contribution in [0.2, 0.25) is 0 Å². The maximum absolute atomic E-state index is 0. The Balaban J connectivity index is 0. The third-order valence-corrected chi connectivity index (χ3v) is 0. The van der Waals surface area contributed by atoms with Crippen LogP contribution in [0.5, 0.6) is 0 Å². The molecule has 0 spiro atoms. The average molecular weight is 161 g/mol. The van der Waals surface area contributed by atoms with Crippen molar-refractivity contribution in [2.45, 2.75) is 0 Å². The van der Waals surface area contributed by atoms with Crippen molar-refractivity contribution < 1.29 is 32.7 Å². The van der Waals surface area contributed by atoms with Gasteiger partial charge in [-0.25, -0.2) is 0 Å². The summed E-state index contributed by atoms with van der Waals surface area (Å²) in [6.45, 7) is 0. The summed E-state index contributed by atoms with van der Waals surface area (Å²) in [5, 5.41) is 0. The van der Waals surface area contributed by atoms with Crippen molar-refractivity contribution in [3.05, 3.63) is 0 Å². The molecule has 4 heavy (non-hydrogen) atoms. The molecule has 0 atom stereocenters. The van der Waals surface area contributed by atoms with Crippen LogP contribution in [0.3, 0.4) is 0 Å². The van der Waals surface area contributed by atoms with E-state index in [-0.39, 0.29) is 49.7 Å². The Bertz CT molecular complexity index is 6.00. The molecule has 0 amide bonds. The van der Waals surface area contributed by atoms with Crippen LogP contribution in [0.4, 0.5) is 0 Å². The molecule has 2 nitrogen and oxygen atoms in total. The standard InChI is InChI=1S/BrH.2O.Ti/h1H;;;/q;2*-2;+4. The van der Waals surface area contributed by atoms with Gasteiger partial charge < -0.3 is 11.0 Å². The van der Waals surface area contributed by atoms with Crippen LogP contribution in [-0.2, 0) is 32.7 Å². The Morgan fingerprint density at radius 1 is 0.750 bits per heavy atom. The van der Waals surface area contributed by atoms with Crippen molar-refractivity contribution in [2.75, 3.05) is 0 Å². The predicted octanol–water partition coefficient (Wildman–Crippen LogP) is 0.338. The van der Waals surface area contributed by atoms with Gasteiger partial charge >= 0.3 is 21.7 Å². The van der Waals surface area contributed by atoms with Gasteiger partial charge in [0.15, 0.2) is 0 Å². The minimum Gasteiger partial charge on any atom is -2.00 e. The molecule has 0 aliphatic heterocycles. The molecule has 0 saturated carbocycles. The number of hydrogen-bond donors (Lipinski definition) is 0. The van der Waals surface area contributed by atoms with Crippen molar-refractivity contribution >= 4 is 17.0 Å². The zero-order valence-corrected chi connectivity index (χ0v) is 5.00. The first-order valence-electron chi connectivity index (χ1n) is 0. The van der Waals surface area contributed by atoms with Crippen molar-refractivity contribution in [3.8, 4) is 0 Å². The van der Waals surface area contributed by atoms with Gasteiger partial charge in [0.05, 0.1) is 0 Å². The zero-order chi connectivity index (χ0) is 0. The molecule has 24 valence electrons. The van der Waals surface area contributed by atoms with E-state index in [0.717, 1.165) is 0 Å². The first kappa shape index (κ1) is 69.7. The third kappa shape index (κ3) is 11.2. The normalized spacial score (nSPS) is 0. The van der Waals surface area contributed by atoms with Crippen LogP contribution >= 0.6 is 17.0 Å². The summed E-state index contributed by atoms with van der Waals surface area (Å²) in [6, 6.07) is 0. The fourth-order valence-corrected chi connectivity index (χ4v) is 0. The molecule has 0 aromatic carbocycles. The van der Waals surface area contributed by atoms with Gasteiger partial charge in [0.1, 0.15) is 0 Å². The first-order chi connectivity index (χ1) is 0. The van der Waals surface area contributed by atoms with E-state index in [1.54, 1.807) is 0 Å².